The molecule has 0 unspecified atom stereocenters. The molecule has 0 bridgehead atoms. The number of nitrogens with zero attached hydrogens (tertiary/aromatic N) is 4. The summed E-state index contributed by atoms with van der Waals surface area (Å²) in [7, 11) is 3.08. The fraction of sp³-hybridized carbons (Fsp3) is 0.182. The lowest BCUT2D eigenvalue weighted by atomic mass is 10.1. The standard InChI is InChI=1S/C22H20N4O4/c1-13-10-14(2)12-15(11-13)26-9-8-17(27)19(24-26)22-23-21(25-30-22)16-6-5-7-18(28-3)20(16)29-4/h5-12H,1-4H3. The minimum absolute atomic E-state index is 0.0265. The fourth-order valence-corrected chi connectivity index (χ4v) is 3.27. The van der Waals surface area contributed by atoms with E-state index in [0.717, 1.165) is 16.8 Å². The van der Waals surface area contributed by atoms with Gasteiger partial charge in [-0.15, -0.1) is 0 Å². The van der Waals surface area contributed by atoms with Gasteiger partial charge in [-0.25, -0.2) is 4.68 Å². The van der Waals surface area contributed by atoms with E-state index in [0.29, 0.717) is 17.1 Å². The number of hydrogen-bond donors (Lipinski definition) is 0. The highest BCUT2D eigenvalue weighted by Crippen LogP contribution is 2.36. The first-order valence-electron chi connectivity index (χ1n) is 9.24. The SMILES string of the molecule is COc1cccc(-c2noc(-c3nn(-c4cc(C)cc(C)c4)ccc3=O)n2)c1OC. The topological polar surface area (TPSA) is 92.3 Å². The van der Waals surface area contributed by atoms with Gasteiger partial charge in [-0.3, -0.25) is 4.79 Å². The molecule has 30 heavy (non-hydrogen) atoms. The molecule has 0 saturated carbocycles. The zero-order valence-electron chi connectivity index (χ0n) is 17.0. The van der Waals surface area contributed by atoms with Crippen LogP contribution in [0.5, 0.6) is 11.5 Å². The monoisotopic (exact) mass is 404 g/mol. The number of methoxy groups -OCH3 is 2. The van der Waals surface area contributed by atoms with Crippen LogP contribution >= 0.6 is 0 Å². The largest absolute Gasteiger partial charge is 0.493 e. The Hall–Kier alpha value is -3.94. The van der Waals surface area contributed by atoms with Gasteiger partial charge in [-0.05, 0) is 49.2 Å². The Balaban J connectivity index is 1.78. The summed E-state index contributed by atoms with van der Waals surface area (Å²) in [6, 6.07) is 12.8. The molecule has 4 rings (SSSR count). The molecule has 0 fully saturated rings. The predicted molar refractivity (Wildman–Crippen MR) is 111 cm³/mol. The maximum absolute atomic E-state index is 12.5. The van der Waals surface area contributed by atoms with Crippen molar-refractivity contribution in [2.45, 2.75) is 13.8 Å². The van der Waals surface area contributed by atoms with E-state index >= 15 is 0 Å². The molecule has 8 heteroatoms. The highest BCUT2D eigenvalue weighted by Gasteiger charge is 2.20. The maximum atomic E-state index is 12.5. The second kappa shape index (κ2) is 7.82. The second-order valence-corrected chi connectivity index (χ2v) is 6.78. The highest BCUT2D eigenvalue weighted by atomic mass is 16.5. The lowest BCUT2D eigenvalue weighted by Crippen LogP contribution is -2.13. The van der Waals surface area contributed by atoms with Gasteiger partial charge in [0.1, 0.15) is 0 Å². The van der Waals surface area contributed by atoms with Crippen molar-refractivity contribution in [3.8, 4) is 40.2 Å². The molecule has 0 aliphatic heterocycles. The molecule has 8 nitrogen and oxygen atoms in total. The summed E-state index contributed by atoms with van der Waals surface area (Å²) < 4.78 is 17.7. The van der Waals surface area contributed by atoms with Crippen LogP contribution in [0.25, 0.3) is 28.7 Å². The normalized spacial score (nSPS) is 10.8. The maximum Gasteiger partial charge on any atom is 0.282 e. The Labute approximate surface area is 172 Å². The first kappa shape index (κ1) is 19.4. The summed E-state index contributed by atoms with van der Waals surface area (Å²) >= 11 is 0. The van der Waals surface area contributed by atoms with Crippen molar-refractivity contribution in [1.29, 1.82) is 0 Å². The molecule has 0 saturated heterocycles. The molecule has 4 aromatic rings. The van der Waals surface area contributed by atoms with E-state index in [1.165, 1.54) is 13.2 Å². The van der Waals surface area contributed by atoms with E-state index in [-0.39, 0.29) is 22.8 Å². The van der Waals surface area contributed by atoms with Gasteiger partial charge in [-0.2, -0.15) is 10.1 Å². The number of aromatic nitrogens is 4. The van der Waals surface area contributed by atoms with E-state index < -0.39 is 0 Å². The van der Waals surface area contributed by atoms with Crippen molar-refractivity contribution < 1.29 is 14.0 Å². The van der Waals surface area contributed by atoms with Crippen LogP contribution in [0.15, 0.2) is 58.0 Å². The average Bonchev–Trinajstić information content (AvgIpc) is 3.22. The van der Waals surface area contributed by atoms with E-state index in [9.17, 15) is 4.79 Å². The molecule has 0 aliphatic carbocycles. The lowest BCUT2D eigenvalue weighted by molar-refractivity contribution is 0.355. The molecule has 2 aromatic carbocycles. The third-order valence-corrected chi connectivity index (χ3v) is 4.55. The minimum atomic E-state index is -0.316. The molecule has 2 heterocycles. The third kappa shape index (κ3) is 3.55. The van der Waals surface area contributed by atoms with Crippen LogP contribution in [0.3, 0.4) is 0 Å². The van der Waals surface area contributed by atoms with Gasteiger partial charge in [0.15, 0.2) is 17.2 Å². The van der Waals surface area contributed by atoms with Crippen molar-refractivity contribution in [2.75, 3.05) is 14.2 Å². The number of hydrogen-bond acceptors (Lipinski definition) is 7. The number of rotatable bonds is 5. The minimum Gasteiger partial charge on any atom is -0.493 e. The molecule has 0 spiro atoms. The Bertz CT molecular complexity index is 1260. The van der Waals surface area contributed by atoms with Crippen LogP contribution in [-0.2, 0) is 0 Å². The van der Waals surface area contributed by atoms with E-state index in [2.05, 4.69) is 21.3 Å². The molecule has 0 aliphatic rings. The van der Waals surface area contributed by atoms with Gasteiger partial charge in [0.2, 0.25) is 11.3 Å². The third-order valence-electron chi connectivity index (χ3n) is 4.55. The molecule has 0 atom stereocenters. The van der Waals surface area contributed by atoms with Crippen LogP contribution in [0.4, 0.5) is 0 Å². The number of para-hydroxylation sites is 1. The van der Waals surface area contributed by atoms with Crippen LogP contribution in [-0.4, -0.2) is 34.1 Å². The summed E-state index contributed by atoms with van der Waals surface area (Å²) in [4.78, 5) is 16.8. The summed E-state index contributed by atoms with van der Waals surface area (Å²) in [6.45, 7) is 4.01. The summed E-state index contributed by atoms with van der Waals surface area (Å²) in [5, 5.41) is 8.44. The van der Waals surface area contributed by atoms with Gasteiger partial charge < -0.3 is 14.0 Å². The van der Waals surface area contributed by atoms with Gasteiger partial charge in [0, 0.05) is 12.3 Å². The average molecular weight is 404 g/mol. The second-order valence-electron chi connectivity index (χ2n) is 6.78. The van der Waals surface area contributed by atoms with Crippen LogP contribution < -0.4 is 14.9 Å². The van der Waals surface area contributed by atoms with Gasteiger partial charge in [0.25, 0.3) is 5.89 Å². The first-order chi connectivity index (χ1) is 14.5. The number of aryl methyl sites for hydroxylation is 2. The smallest absolute Gasteiger partial charge is 0.282 e. The van der Waals surface area contributed by atoms with Crippen molar-refractivity contribution in [1.82, 2.24) is 19.9 Å². The van der Waals surface area contributed by atoms with Crippen molar-refractivity contribution >= 4 is 0 Å². The Kier molecular flexibility index (Phi) is 5.05. The van der Waals surface area contributed by atoms with Crippen molar-refractivity contribution in [3.05, 3.63) is 70.0 Å². The number of ether oxygens (including phenoxy) is 2. The molecule has 0 radical (unpaired) electrons. The molecular formula is C22H20N4O4. The Morgan fingerprint density at radius 3 is 2.47 bits per heavy atom. The van der Waals surface area contributed by atoms with Gasteiger partial charge in [0.05, 0.1) is 25.5 Å². The van der Waals surface area contributed by atoms with E-state index in [1.54, 1.807) is 36.2 Å². The van der Waals surface area contributed by atoms with E-state index in [1.807, 2.05) is 26.0 Å². The summed E-state index contributed by atoms with van der Waals surface area (Å²) in [6.07, 6.45) is 1.61. The van der Waals surface area contributed by atoms with Gasteiger partial charge in [-0.1, -0.05) is 17.3 Å². The van der Waals surface area contributed by atoms with Crippen LogP contribution in [0.2, 0.25) is 0 Å². The molecular weight excluding hydrogens is 384 g/mol. The predicted octanol–water partition coefficient (Wildman–Crippen LogP) is 3.58. The molecule has 2 aromatic heterocycles. The zero-order chi connectivity index (χ0) is 21.3. The molecule has 0 amide bonds. The lowest BCUT2D eigenvalue weighted by Gasteiger charge is -2.09. The van der Waals surface area contributed by atoms with Crippen molar-refractivity contribution in [3.63, 3.8) is 0 Å². The first-order valence-corrected chi connectivity index (χ1v) is 9.24. The summed E-state index contributed by atoms with van der Waals surface area (Å²) in [5.74, 6) is 1.31. The zero-order valence-corrected chi connectivity index (χ0v) is 17.0. The van der Waals surface area contributed by atoms with Crippen LogP contribution in [0, 0.1) is 13.8 Å². The van der Waals surface area contributed by atoms with E-state index in [4.69, 9.17) is 14.0 Å². The van der Waals surface area contributed by atoms with Gasteiger partial charge >= 0.3 is 0 Å². The fourth-order valence-electron chi connectivity index (χ4n) is 3.27. The highest BCUT2D eigenvalue weighted by molar-refractivity contribution is 5.69. The Morgan fingerprint density at radius 1 is 1.00 bits per heavy atom. The van der Waals surface area contributed by atoms with Crippen molar-refractivity contribution in [2.24, 2.45) is 0 Å². The quantitative estimate of drug-likeness (QED) is 0.502. The molecule has 0 N–H and O–H groups in total. The Morgan fingerprint density at radius 2 is 1.77 bits per heavy atom. The molecule has 152 valence electrons. The summed E-state index contributed by atoms with van der Waals surface area (Å²) in [5.41, 5.74) is 3.36. The van der Waals surface area contributed by atoms with Crippen LogP contribution in [0.1, 0.15) is 11.1 Å². The number of benzene rings is 2.